The van der Waals surface area contributed by atoms with Crippen LogP contribution in [-0.2, 0) is 0 Å². The van der Waals surface area contributed by atoms with Gasteiger partial charge in [-0.3, -0.25) is 0 Å². The summed E-state index contributed by atoms with van der Waals surface area (Å²) in [5.74, 6) is -0.296. The maximum Gasteiger partial charge on any atom is 0.134 e. The lowest BCUT2D eigenvalue weighted by atomic mass is 10.5. The zero-order chi connectivity index (χ0) is 6.69. The van der Waals surface area contributed by atoms with Crippen molar-refractivity contribution < 1.29 is 9.60 Å². The molecule has 0 saturated heterocycles. The van der Waals surface area contributed by atoms with Gasteiger partial charge in [0.25, 0.3) is 0 Å². The average Bonchev–Trinajstić information content (AvgIpc) is 2.17. The van der Waals surface area contributed by atoms with Crippen molar-refractivity contribution in [3.8, 4) is 0 Å². The quantitative estimate of drug-likeness (QED) is 0.364. The lowest BCUT2D eigenvalue weighted by molar-refractivity contribution is 0.322. The number of nitrogens with zero attached hydrogens (tertiary/aromatic N) is 1. The molecule has 0 aliphatic rings. The van der Waals surface area contributed by atoms with Gasteiger partial charge in [-0.25, -0.2) is 4.39 Å². The third-order valence-electron chi connectivity index (χ3n) is 0.773. The van der Waals surface area contributed by atoms with Crippen molar-refractivity contribution in [3.63, 3.8) is 0 Å². The van der Waals surface area contributed by atoms with Crippen molar-refractivity contribution >= 4 is 17.6 Å². The van der Waals surface area contributed by atoms with Gasteiger partial charge in [0.1, 0.15) is 5.82 Å². The van der Waals surface area contributed by atoms with Crippen LogP contribution in [0.25, 0.3) is 0 Å². The van der Waals surface area contributed by atoms with Gasteiger partial charge < -0.3 is 5.21 Å². The van der Waals surface area contributed by atoms with Crippen molar-refractivity contribution in [2.75, 3.05) is 0 Å². The predicted octanol–water partition coefficient (Wildman–Crippen LogP) is 1.70. The highest BCUT2D eigenvalue weighted by Crippen LogP contribution is 2.09. The second-order valence-corrected chi connectivity index (χ2v) is 2.35. The molecule has 1 rings (SSSR count). The van der Waals surface area contributed by atoms with Crippen LogP contribution in [0.2, 0.25) is 0 Å². The van der Waals surface area contributed by atoms with Crippen molar-refractivity contribution in [3.05, 3.63) is 22.1 Å². The van der Waals surface area contributed by atoms with Gasteiger partial charge in [0.05, 0.1) is 11.1 Å². The maximum absolute atomic E-state index is 12.1. The second-order valence-electron chi connectivity index (χ2n) is 1.41. The number of hydrogen-bond acceptors (Lipinski definition) is 3. The molecular formula is C5H4FNOS. The highest BCUT2D eigenvalue weighted by molar-refractivity contribution is 7.11. The molecule has 1 heterocycles. The molecule has 4 heteroatoms. The molecule has 9 heavy (non-hydrogen) atoms. The molecule has 0 aliphatic heterocycles. The highest BCUT2D eigenvalue weighted by atomic mass is 32.1. The molecule has 1 aromatic rings. The standard InChI is InChI=1S/C5H4FNOS/c6-4-1-5(2-7-8)9-3-4/h1-3,8H. The fourth-order valence-corrected chi connectivity index (χ4v) is 1.06. The number of thiophene rings is 1. The van der Waals surface area contributed by atoms with E-state index in [9.17, 15) is 4.39 Å². The van der Waals surface area contributed by atoms with E-state index in [1.54, 1.807) is 0 Å². The van der Waals surface area contributed by atoms with E-state index in [4.69, 9.17) is 5.21 Å². The molecule has 2 nitrogen and oxygen atoms in total. The molecule has 0 bridgehead atoms. The summed E-state index contributed by atoms with van der Waals surface area (Å²) in [6.45, 7) is 0. The highest BCUT2D eigenvalue weighted by Gasteiger charge is 1.93. The van der Waals surface area contributed by atoms with E-state index >= 15 is 0 Å². The fraction of sp³-hybridized carbons (Fsp3) is 0. The maximum atomic E-state index is 12.1. The van der Waals surface area contributed by atoms with E-state index in [0.717, 1.165) is 0 Å². The van der Waals surface area contributed by atoms with Crippen molar-refractivity contribution in [1.29, 1.82) is 0 Å². The summed E-state index contributed by atoms with van der Waals surface area (Å²) in [5, 5.41) is 12.1. The molecule has 0 aromatic carbocycles. The molecule has 0 spiro atoms. The zero-order valence-corrected chi connectivity index (χ0v) is 5.23. The lowest BCUT2D eigenvalue weighted by Gasteiger charge is -1.73. The van der Waals surface area contributed by atoms with Crippen LogP contribution < -0.4 is 0 Å². The SMILES string of the molecule is ON=Cc1cc(F)cs1. The number of rotatable bonds is 1. The molecule has 0 radical (unpaired) electrons. The molecule has 0 aliphatic carbocycles. The van der Waals surface area contributed by atoms with E-state index in [2.05, 4.69) is 5.16 Å². The van der Waals surface area contributed by atoms with Crippen LogP contribution in [0.15, 0.2) is 16.6 Å². The minimum absolute atomic E-state index is 0.296. The minimum Gasteiger partial charge on any atom is -0.411 e. The summed E-state index contributed by atoms with van der Waals surface area (Å²) in [5.41, 5.74) is 0. The molecular weight excluding hydrogens is 141 g/mol. The third-order valence-corrected chi connectivity index (χ3v) is 1.61. The Morgan fingerprint density at radius 1 is 1.78 bits per heavy atom. The van der Waals surface area contributed by atoms with Gasteiger partial charge in [-0.1, -0.05) is 5.16 Å². The smallest absolute Gasteiger partial charge is 0.134 e. The first-order valence-corrected chi connectivity index (χ1v) is 3.12. The number of oxime groups is 1. The molecule has 0 amide bonds. The van der Waals surface area contributed by atoms with E-state index in [1.165, 1.54) is 29.0 Å². The number of halogens is 1. The van der Waals surface area contributed by atoms with Crippen LogP contribution in [0, 0.1) is 5.82 Å². The van der Waals surface area contributed by atoms with Crippen LogP contribution >= 0.6 is 11.3 Å². The monoisotopic (exact) mass is 145 g/mol. The predicted molar refractivity (Wildman–Crippen MR) is 33.7 cm³/mol. The van der Waals surface area contributed by atoms with Crippen LogP contribution in [0.1, 0.15) is 4.88 Å². The van der Waals surface area contributed by atoms with Gasteiger partial charge in [-0.15, -0.1) is 11.3 Å². The van der Waals surface area contributed by atoms with E-state index in [0.29, 0.717) is 4.88 Å². The molecule has 1 N–H and O–H groups in total. The summed E-state index contributed by atoms with van der Waals surface area (Å²) in [4.78, 5) is 0.606. The van der Waals surface area contributed by atoms with E-state index < -0.39 is 0 Å². The van der Waals surface area contributed by atoms with Gasteiger partial charge in [-0.2, -0.15) is 0 Å². The molecule has 48 valence electrons. The Labute approximate surface area is 55.2 Å². The van der Waals surface area contributed by atoms with E-state index in [1.807, 2.05) is 0 Å². The molecule has 1 aromatic heterocycles. The average molecular weight is 145 g/mol. The Kier molecular flexibility index (Phi) is 1.79. The summed E-state index contributed by atoms with van der Waals surface area (Å²) in [6, 6.07) is 1.30. The number of hydrogen-bond donors (Lipinski definition) is 1. The Bertz CT molecular complexity index is 220. The first kappa shape index (κ1) is 6.22. The van der Waals surface area contributed by atoms with E-state index in [-0.39, 0.29) is 5.82 Å². The van der Waals surface area contributed by atoms with Crippen LogP contribution in [0.4, 0.5) is 4.39 Å². The molecule has 0 fully saturated rings. The molecule has 0 saturated carbocycles. The summed E-state index contributed by atoms with van der Waals surface area (Å²) < 4.78 is 12.1. The largest absolute Gasteiger partial charge is 0.411 e. The molecule has 0 unspecified atom stereocenters. The summed E-state index contributed by atoms with van der Waals surface area (Å²) >= 11 is 1.19. The molecule has 0 atom stereocenters. The van der Waals surface area contributed by atoms with Crippen molar-refractivity contribution in [2.24, 2.45) is 5.16 Å². The minimum atomic E-state index is -0.296. The van der Waals surface area contributed by atoms with Gasteiger partial charge in [-0.05, 0) is 6.07 Å². The van der Waals surface area contributed by atoms with Crippen LogP contribution in [0.5, 0.6) is 0 Å². The second kappa shape index (κ2) is 2.59. The van der Waals surface area contributed by atoms with Crippen molar-refractivity contribution in [1.82, 2.24) is 0 Å². The van der Waals surface area contributed by atoms with Crippen molar-refractivity contribution in [2.45, 2.75) is 0 Å². The van der Waals surface area contributed by atoms with Gasteiger partial charge in [0.15, 0.2) is 0 Å². The zero-order valence-electron chi connectivity index (χ0n) is 4.41. The van der Waals surface area contributed by atoms with Gasteiger partial charge in [0, 0.05) is 5.38 Å². The lowest BCUT2D eigenvalue weighted by Crippen LogP contribution is -1.69. The third kappa shape index (κ3) is 1.50. The fourth-order valence-electron chi connectivity index (χ4n) is 0.453. The topological polar surface area (TPSA) is 32.6 Å². The summed E-state index contributed by atoms with van der Waals surface area (Å²) in [6.07, 6.45) is 1.19. The van der Waals surface area contributed by atoms with Crippen LogP contribution in [0.3, 0.4) is 0 Å². The first-order valence-electron chi connectivity index (χ1n) is 2.24. The van der Waals surface area contributed by atoms with Crippen LogP contribution in [-0.4, -0.2) is 11.4 Å². The Morgan fingerprint density at radius 2 is 2.56 bits per heavy atom. The Hall–Kier alpha value is -0.900. The Balaban J connectivity index is 2.85. The van der Waals surface area contributed by atoms with Gasteiger partial charge >= 0.3 is 0 Å². The van der Waals surface area contributed by atoms with Gasteiger partial charge in [0.2, 0.25) is 0 Å². The normalized spacial score (nSPS) is 10.8. The Morgan fingerprint density at radius 3 is 3.00 bits per heavy atom. The summed E-state index contributed by atoms with van der Waals surface area (Å²) in [7, 11) is 0. The first-order chi connectivity index (χ1) is 4.33.